The van der Waals surface area contributed by atoms with E-state index in [9.17, 15) is 0 Å². The van der Waals surface area contributed by atoms with E-state index in [2.05, 4.69) is 0 Å². The van der Waals surface area contributed by atoms with Crippen molar-refractivity contribution >= 4 is 17.0 Å². The fourth-order valence-electron chi connectivity index (χ4n) is 1.32. The Labute approximate surface area is 93.3 Å². The average molecular weight is 219 g/mol. The molecule has 0 fully saturated rings. The number of ether oxygens (including phenoxy) is 1. The number of benzene rings is 1. The van der Waals surface area contributed by atoms with Gasteiger partial charge in [0, 0.05) is 16.6 Å². The largest absolute Gasteiger partial charge is 0.489 e. The van der Waals surface area contributed by atoms with Crippen LogP contribution in [0.4, 0.5) is 5.69 Å². The Hall–Kier alpha value is -1.48. The smallest absolute Gasteiger partial charge is 0.122 e. The Morgan fingerprint density at radius 2 is 2.07 bits per heavy atom. The lowest BCUT2D eigenvalue weighted by atomic mass is 10.2. The minimum Gasteiger partial charge on any atom is -0.489 e. The Balaban J connectivity index is 2.06. The van der Waals surface area contributed by atoms with Gasteiger partial charge in [-0.2, -0.15) is 0 Å². The van der Waals surface area contributed by atoms with Crippen LogP contribution >= 0.6 is 11.3 Å². The van der Waals surface area contributed by atoms with Crippen molar-refractivity contribution in [3.8, 4) is 5.75 Å². The highest BCUT2D eigenvalue weighted by Crippen LogP contribution is 2.21. The molecule has 0 bridgehead atoms. The van der Waals surface area contributed by atoms with Crippen molar-refractivity contribution in [2.24, 2.45) is 0 Å². The molecule has 1 aromatic carbocycles. The number of hydrogen-bond acceptors (Lipinski definition) is 3. The first-order valence-corrected chi connectivity index (χ1v) is 5.70. The number of para-hydroxylation sites is 1. The summed E-state index contributed by atoms with van der Waals surface area (Å²) in [5.41, 5.74) is 8.79. The van der Waals surface area contributed by atoms with E-state index in [-0.39, 0.29) is 0 Å². The highest BCUT2D eigenvalue weighted by atomic mass is 32.1. The predicted molar refractivity (Wildman–Crippen MR) is 64.2 cm³/mol. The third kappa shape index (κ3) is 2.30. The van der Waals surface area contributed by atoms with Crippen LogP contribution in [0, 0.1) is 6.92 Å². The van der Waals surface area contributed by atoms with Crippen molar-refractivity contribution in [3.05, 3.63) is 46.2 Å². The van der Waals surface area contributed by atoms with Gasteiger partial charge in [0.25, 0.3) is 0 Å². The third-order valence-electron chi connectivity index (χ3n) is 2.25. The molecule has 0 unspecified atom stereocenters. The lowest BCUT2D eigenvalue weighted by molar-refractivity contribution is 0.305. The van der Waals surface area contributed by atoms with Crippen molar-refractivity contribution in [1.82, 2.24) is 0 Å². The average Bonchev–Trinajstić information content (AvgIpc) is 2.63. The fourth-order valence-corrected chi connectivity index (χ4v) is 2.06. The normalized spacial score (nSPS) is 10.2. The van der Waals surface area contributed by atoms with Gasteiger partial charge in [-0.15, -0.1) is 11.3 Å². The lowest BCUT2D eigenvalue weighted by Crippen LogP contribution is -1.98. The second kappa shape index (κ2) is 4.36. The first kappa shape index (κ1) is 10.1. The Kier molecular flexibility index (Phi) is 2.92. The number of rotatable bonds is 3. The molecule has 2 nitrogen and oxygen atoms in total. The summed E-state index contributed by atoms with van der Waals surface area (Å²) in [5, 5.41) is 3.95. The van der Waals surface area contributed by atoms with Crippen molar-refractivity contribution in [2.75, 3.05) is 5.73 Å². The van der Waals surface area contributed by atoms with Crippen LogP contribution in [0.3, 0.4) is 0 Å². The molecule has 0 saturated carbocycles. The lowest BCUT2D eigenvalue weighted by Gasteiger charge is -2.08. The summed E-state index contributed by atoms with van der Waals surface area (Å²) >= 11 is 1.60. The van der Waals surface area contributed by atoms with E-state index < -0.39 is 0 Å². The van der Waals surface area contributed by atoms with Crippen LogP contribution in [0.5, 0.6) is 5.75 Å². The van der Waals surface area contributed by atoms with Gasteiger partial charge in [0.2, 0.25) is 0 Å². The number of hydrogen-bond donors (Lipinski definition) is 1. The first-order chi connectivity index (χ1) is 7.27. The maximum atomic E-state index is 5.77. The van der Waals surface area contributed by atoms with Crippen molar-refractivity contribution in [1.29, 1.82) is 0 Å². The SMILES string of the molecule is Cc1ccccc1OCc1cscc1N. The van der Waals surface area contributed by atoms with Gasteiger partial charge in [-0.25, -0.2) is 0 Å². The van der Waals surface area contributed by atoms with Crippen LogP contribution in [0.1, 0.15) is 11.1 Å². The maximum Gasteiger partial charge on any atom is 0.122 e. The zero-order chi connectivity index (χ0) is 10.7. The molecule has 15 heavy (non-hydrogen) atoms. The Morgan fingerprint density at radius 3 is 2.73 bits per heavy atom. The van der Waals surface area contributed by atoms with Crippen LogP contribution in [-0.4, -0.2) is 0 Å². The van der Waals surface area contributed by atoms with E-state index in [1.54, 1.807) is 11.3 Å². The third-order valence-corrected chi connectivity index (χ3v) is 3.06. The molecular weight excluding hydrogens is 206 g/mol. The minimum atomic E-state index is 0.542. The van der Waals surface area contributed by atoms with E-state index in [1.807, 2.05) is 41.9 Å². The topological polar surface area (TPSA) is 35.2 Å². The molecule has 78 valence electrons. The van der Waals surface area contributed by atoms with Gasteiger partial charge >= 0.3 is 0 Å². The van der Waals surface area contributed by atoms with E-state index >= 15 is 0 Å². The molecule has 0 radical (unpaired) electrons. The zero-order valence-electron chi connectivity index (χ0n) is 8.57. The number of thiophene rings is 1. The molecular formula is C12H13NOS. The maximum absolute atomic E-state index is 5.77. The summed E-state index contributed by atoms with van der Waals surface area (Å²) in [7, 11) is 0. The van der Waals surface area contributed by atoms with Crippen LogP contribution in [-0.2, 0) is 6.61 Å². The van der Waals surface area contributed by atoms with Crippen molar-refractivity contribution in [2.45, 2.75) is 13.5 Å². The van der Waals surface area contributed by atoms with Gasteiger partial charge in [-0.1, -0.05) is 18.2 Å². The van der Waals surface area contributed by atoms with Crippen molar-refractivity contribution in [3.63, 3.8) is 0 Å². The summed E-state index contributed by atoms with van der Waals surface area (Å²) in [6.07, 6.45) is 0. The van der Waals surface area contributed by atoms with Gasteiger partial charge in [0.05, 0.1) is 0 Å². The second-order valence-corrected chi connectivity index (χ2v) is 4.15. The molecule has 1 aromatic heterocycles. The highest BCUT2D eigenvalue weighted by molar-refractivity contribution is 7.08. The molecule has 0 saturated heterocycles. The van der Waals surface area contributed by atoms with Crippen LogP contribution in [0.2, 0.25) is 0 Å². The van der Waals surface area contributed by atoms with Crippen LogP contribution in [0.15, 0.2) is 35.0 Å². The first-order valence-electron chi connectivity index (χ1n) is 4.76. The summed E-state index contributed by atoms with van der Waals surface area (Å²) in [4.78, 5) is 0. The summed E-state index contributed by atoms with van der Waals surface area (Å²) in [5.74, 6) is 0.920. The quantitative estimate of drug-likeness (QED) is 0.860. The summed E-state index contributed by atoms with van der Waals surface area (Å²) in [6.45, 7) is 2.58. The highest BCUT2D eigenvalue weighted by Gasteiger charge is 2.02. The van der Waals surface area contributed by atoms with Crippen LogP contribution < -0.4 is 10.5 Å². The summed E-state index contributed by atoms with van der Waals surface area (Å²) < 4.78 is 5.69. The van der Waals surface area contributed by atoms with Gasteiger partial charge in [0.15, 0.2) is 0 Å². The molecule has 2 rings (SSSR count). The molecule has 0 aliphatic heterocycles. The molecule has 2 N–H and O–H groups in total. The Bertz CT molecular complexity index is 450. The van der Waals surface area contributed by atoms with E-state index in [0.29, 0.717) is 6.61 Å². The van der Waals surface area contributed by atoms with Gasteiger partial charge < -0.3 is 10.5 Å². The molecule has 0 amide bonds. The van der Waals surface area contributed by atoms with E-state index in [1.165, 1.54) is 0 Å². The number of nitrogens with two attached hydrogens (primary N) is 1. The molecule has 0 aliphatic rings. The standard InChI is InChI=1S/C12H13NOS/c1-9-4-2-3-5-12(9)14-6-10-7-15-8-11(10)13/h2-5,7-8H,6,13H2,1H3. The van der Waals surface area contributed by atoms with Gasteiger partial charge in [0.1, 0.15) is 12.4 Å². The molecule has 0 aliphatic carbocycles. The van der Waals surface area contributed by atoms with Gasteiger partial charge in [-0.3, -0.25) is 0 Å². The fraction of sp³-hybridized carbons (Fsp3) is 0.167. The molecule has 2 aromatic rings. The minimum absolute atomic E-state index is 0.542. The van der Waals surface area contributed by atoms with Gasteiger partial charge in [-0.05, 0) is 23.9 Å². The molecule has 1 heterocycles. The number of nitrogen functional groups attached to an aromatic ring is 1. The zero-order valence-corrected chi connectivity index (χ0v) is 9.38. The monoisotopic (exact) mass is 219 g/mol. The second-order valence-electron chi connectivity index (χ2n) is 3.41. The van der Waals surface area contributed by atoms with Crippen molar-refractivity contribution < 1.29 is 4.74 Å². The molecule has 0 atom stereocenters. The predicted octanol–water partition coefficient (Wildman–Crippen LogP) is 3.22. The summed E-state index contributed by atoms with van der Waals surface area (Å²) in [6, 6.07) is 7.98. The molecule has 0 spiro atoms. The van der Waals surface area contributed by atoms with Crippen LogP contribution in [0.25, 0.3) is 0 Å². The van der Waals surface area contributed by atoms with E-state index in [4.69, 9.17) is 10.5 Å². The number of aryl methyl sites for hydroxylation is 1. The number of anilines is 1. The molecule has 3 heteroatoms. The Morgan fingerprint density at radius 1 is 1.27 bits per heavy atom. The van der Waals surface area contributed by atoms with E-state index in [0.717, 1.165) is 22.6 Å².